The summed E-state index contributed by atoms with van der Waals surface area (Å²) in [5.74, 6) is 1.65. The second-order valence-electron chi connectivity index (χ2n) is 5.32. The SMILES string of the molecule is CCCOc1cnn(C2CC(CC)CCC2N)c1. The molecule has 0 radical (unpaired) electrons. The van der Waals surface area contributed by atoms with Crippen molar-refractivity contribution >= 4 is 0 Å². The molecule has 0 saturated heterocycles. The van der Waals surface area contributed by atoms with E-state index in [4.69, 9.17) is 10.5 Å². The highest BCUT2D eigenvalue weighted by molar-refractivity contribution is 5.12. The highest BCUT2D eigenvalue weighted by Crippen LogP contribution is 2.33. The fourth-order valence-corrected chi connectivity index (χ4v) is 2.73. The Morgan fingerprint density at radius 1 is 1.44 bits per heavy atom. The molecule has 0 amide bonds. The smallest absolute Gasteiger partial charge is 0.157 e. The van der Waals surface area contributed by atoms with Gasteiger partial charge in [0.2, 0.25) is 0 Å². The van der Waals surface area contributed by atoms with Crippen molar-refractivity contribution in [3.8, 4) is 5.75 Å². The highest BCUT2D eigenvalue weighted by Gasteiger charge is 2.29. The Morgan fingerprint density at radius 2 is 2.28 bits per heavy atom. The van der Waals surface area contributed by atoms with Crippen molar-refractivity contribution < 1.29 is 4.74 Å². The van der Waals surface area contributed by atoms with Gasteiger partial charge >= 0.3 is 0 Å². The molecule has 4 heteroatoms. The zero-order valence-electron chi connectivity index (χ0n) is 11.5. The molecule has 0 bridgehead atoms. The van der Waals surface area contributed by atoms with Crippen molar-refractivity contribution in [3.05, 3.63) is 12.4 Å². The quantitative estimate of drug-likeness (QED) is 0.875. The van der Waals surface area contributed by atoms with E-state index in [1.165, 1.54) is 12.8 Å². The molecule has 3 unspecified atom stereocenters. The van der Waals surface area contributed by atoms with E-state index in [1.54, 1.807) is 6.20 Å². The molecule has 1 heterocycles. The van der Waals surface area contributed by atoms with Crippen molar-refractivity contribution in [2.45, 2.75) is 58.0 Å². The van der Waals surface area contributed by atoms with Crippen LogP contribution in [0.4, 0.5) is 0 Å². The maximum atomic E-state index is 6.24. The molecule has 1 saturated carbocycles. The average Bonchev–Trinajstić information content (AvgIpc) is 2.85. The first-order valence-corrected chi connectivity index (χ1v) is 7.17. The van der Waals surface area contributed by atoms with Gasteiger partial charge in [-0.05, 0) is 31.6 Å². The van der Waals surface area contributed by atoms with E-state index in [2.05, 4.69) is 18.9 Å². The third kappa shape index (κ3) is 3.05. The fourth-order valence-electron chi connectivity index (χ4n) is 2.73. The van der Waals surface area contributed by atoms with Gasteiger partial charge in [0.15, 0.2) is 5.75 Å². The van der Waals surface area contributed by atoms with Crippen molar-refractivity contribution in [1.29, 1.82) is 0 Å². The van der Waals surface area contributed by atoms with Crippen LogP contribution in [0.1, 0.15) is 52.0 Å². The zero-order chi connectivity index (χ0) is 13.0. The minimum atomic E-state index is 0.228. The van der Waals surface area contributed by atoms with E-state index in [1.807, 2.05) is 10.9 Å². The summed E-state index contributed by atoms with van der Waals surface area (Å²) in [6, 6.07) is 0.564. The molecule has 0 aliphatic heterocycles. The number of hydrogen-bond acceptors (Lipinski definition) is 3. The van der Waals surface area contributed by atoms with E-state index in [0.29, 0.717) is 6.04 Å². The summed E-state index contributed by atoms with van der Waals surface area (Å²) in [6.45, 7) is 5.12. The van der Waals surface area contributed by atoms with Crippen LogP contribution in [0.15, 0.2) is 12.4 Å². The van der Waals surface area contributed by atoms with Crippen LogP contribution < -0.4 is 10.5 Å². The first-order chi connectivity index (χ1) is 8.74. The molecule has 18 heavy (non-hydrogen) atoms. The van der Waals surface area contributed by atoms with Gasteiger partial charge in [-0.25, -0.2) is 0 Å². The summed E-state index contributed by atoms with van der Waals surface area (Å²) in [7, 11) is 0. The molecule has 102 valence electrons. The number of aromatic nitrogens is 2. The van der Waals surface area contributed by atoms with Crippen molar-refractivity contribution in [3.63, 3.8) is 0 Å². The van der Waals surface area contributed by atoms with Crippen LogP contribution >= 0.6 is 0 Å². The van der Waals surface area contributed by atoms with Crippen LogP contribution in [0.25, 0.3) is 0 Å². The van der Waals surface area contributed by atoms with Crippen LogP contribution in [0, 0.1) is 5.92 Å². The Kier molecular flexibility index (Phi) is 4.64. The molecule has 2 rings (SSSR count). The summed E-state index contributed by atoms with van der Waals surface area (Å²) in [6.07, 6.45) is 9.57. The second-order valence-corrected chi connectivity index (χ2v) is 5.32. The zero-order valence-corrected chi connectivity index (χ0v) is 11.5. The molecule has 4 nitrogen and oxygen atoms in total. The van der Waals surface area contributed by atoms with E-state index in [0.717, 1.165) is 37.5 Å². The van der Waals surface area contributed by atoms with E-state index in [9.17, 15) is 0 Å². The normalized spacial score (nSPS) is 28.3. The van der Waals surface area contributed by atoms with Gasteiger partial charge in [0.05, 0.1) is 25.0 Å². The molecule has 0 aromatic carbocycles. The standard InChI is InChI=1S/C14H25N3O/c1-3-7-18-12-9-16-17(10-12)14-8-11(4-2)5-6-13(14)15/h9-11,13-14H,3-8,15H2,1-2H3. The number of ether oxygens (including phenoxy) is 1. The Bertz CT molecular complexity index is 364. The predicted molar refractivity (Wildman–Crippen MR) is 72.7 cm³/mol. The number of nitrogens with zero attached hydrogens (tertiary/aromatic N) is 2. The van der Waals surface area contributed by atoms with Crippen LogP contribution in [0.5, 0.6) is 5.75 Å². The van der Waals surface area contributed by atoms with Gasteiger partial charge < -0.3 is 10.5 Å². The molecular formula is C14H25N3O. The van der Waals surface area contributed by atoms with Crippen molar-refractivity contribution in [2.24, 2.45) is 11.7 Å². The molecular weight excluding hydrogens is 226 g/mol. The first kappa shape index (κ1) is 13.4. The third-order valence-electron chi connectivity index (χ3n) is 3.95. The Balaban J connectivity index is 2.02. The van der Waals surface area contributed by atoms with Gasteiger partial charge in [-0.1, -0.05) is 20.3 Å². The first-order valence-electron chi connectivity index (χ1n) is 7.17. The molecule has 1 fully saturated rings. The minimum Gasteiger partial charge on any atom is -0.490 e. The largest absolute Gasteiger partial charge is 0.490 e. The van der Waals surface area contributed by atoms with Gasteiger partial charge in [-0.2, -0.15) is 5.10 Å². The Morgan fingerprint density at radius 3 is 3.00 bits per heavy atom. The summed E-state index contributed by atoms with van der Waals surface area (Å²) in [4.78, 5) is 0. The van der Waals surface area contributed by atoms with E-state index in [-0.39, 0.29) is 6.04 Å². The third-order valence-corrected chi connectivity index (χ3v) is 3.95. The van der Waals surface area contributed by atoms with Crippen molar-refractivity contribution in [2.75, 3.05) is 6.61 Å². The molecule has 3 atom stereocenters. The van der Waals surface area contributed by atoms with Gasteiger partial charge in [0.1, 0.15) is 0 Å². The summed E-state index contributed by atoms with van der Waals surface area (Å²) in [5, 5.41) is 4.42. The lowest BCUT2D eigenvalue weighted by atomic mass is 9.81. The molecule has 1 aromatic rings. The van der Waals surface area contributed by atoms with E-state index < -0.39 is 0 Å². The fraction of sp³-hybridized carbons (Fsp3) is 0.786. The van der Waals surface area contributed by atoms with Crippen LogP contribution in [-0.4, -0.2) is 22.4 Å². The molecule has 1 aliphatic carbocycles. The lowest BCUT2D eigenvalue weighted by Gasteiger charge is -2.33. The van der Waals surface area contributed by atoms with Gasteiger partial charge in [0, 0.05) is 6.04 Å². The Labute approximate surface area is 110 Å². The van der Waals surface area contributed by atoms with Gasteiger partial charge in [-0.3, -0.25) is 4.68 Å². The summed E-state index contributed by atoms with van der Waals surface area (Å²) in [5.41, 5.74) is 6.24. The highest BCUT2D eigenvalue weighted by atomic mass is 16.5. The lowest BCUT2D eigenvalue weighted by molar-refractivity contribution is 0.216. The van der Waals surface area contributed by atoms with Crippen molar-refractivity contribution in [1.82, 2.24) is 9.78 Å². The number of hydrogen-bond donors (Lipinski definition) is 1. The average molecular weight is 251 g/mol. The maximum Gasteiger partial charge on any atom is 0.157 e. The van der Waals surface area contributed by atoms with Crippen LogP contribution in [0.3, 0.4) is 0 Å². The number of rotatable bonds is 5. The Hall–Kier alpha value is -1.03. The predicted octanol–water partition coefficient (Wildman–Crippen LogP) is 2.75. The lowest BCUT2D eigenvalue weighted by Crippen LogP contribution is -2.37. The second kappa shape index (κ2) is 6.23. The topological polar surface area (TPSA) is 53.1 Å². The van der Waals surface area contributed by atoms with Crippen LogP contribution in [0.2, 0.25) is 0 Å². The van der Waals surface area contributed by atoms with Gasteiger partial charge in [-0.15, -0.1) is 0 Å². The molecule has 1 aromatic heterocycles. The summed E-state index contributed by atoms with van der Waals surface area (Å²) < 4.78 is 7.60. The summed E-state index contributed by atoms with van der Waals surface area (Å²) >= 11 is 0. The van der Waals surface area contributed by atoms with Crippen LogP contribution in [-0.2, 0) is 0 Å². The number of nitrogens with two attached hydrogens (primary N) is 1. The minimum absolute atomic E-state index is 0.228. The molecule has 0 spiro atoms. The van der Waals surface area contributed by atoms with E-state index >= 15 is 0 Å². The van der Waals surface area contributed by atoms with Gasteiger partial charge in [0.25, 0.3) is 0 Å². The maximum absolute atomic E-state index is 6.24. The monoisotopic (exact) mass is 251 g/mol. The molecule has 1 aliphatic rings. The molecule has 2 N–H and O–H groups in total.